The minimum absolute atomic E-state index is 0.387. The molecule has 0 bridgehead atoms. The first-order valence-corrected chi connectivity index (χ1v) is 6.32. The topological polar surface area (TPSA) is 60.8 Å². The van der Waals surface area contributed by atoms with Crippen molar-refractivity contribution in [3.8, 4) is 0 Å². The Kier molecular flexibility index (Phi) is 4.49. The Hall–Kier alpha value is -1.83. The number of rotatable bonds is 2. The highest BCUT2D eigenvalue weighted by Crippen LogP contribution is 2.40. The zero-order valence-corrected chi connectivity index (χ0v) is 12.5. The maximum Gasteiger partial charge on any atom is 0.421 e. The van der Waals surface area contributed by atoms with Crippen LogP contribution in [0.4, 0.5) is 28.0 Å². The minimum atomic E-state index is -4.99. The SMILES string of the molecule is CC(C)(C)N(C(=O)O)c1ccc(C(C)(O)C(F)(F)F)cc1F. The highest BCUT2D eigenvalue weighted by Gasteiger charge is 2.51. The highest BCUT2D eigenvalue weighted by atomic mass is 19.4. The first kappa shape index (κ1) is 18.2. The molecule has 1 atom stereocenters. The van der Waals surface area contributed by atoms with E-state index in [2.05, 4.69) is 0 Å². The van der Waals surface area contributed by atoms with Gasteiger partial charge in [0.15, 0.2) is 5.60 Å². The molecule has 0 aliphatic rings. The van der Waals surface area contributed by atoms with Gasteiger partial charge in [0, 0.05) is 5.54 Å². The van der Waals surface area contributed by atoms with Crippen LogP contribution in [0.1, 0.15) is 33.3 Å². The summed E-state index contributed by atoms with van der Waals surface area (Å²) in [5.41, 5.74) is -5.33. The number of nitrogens with zero attached hydrogens (tertiary/aromatic N) is 1. The van der Waals surface area contributed by atoms with Crippen molar-refractivity contribution in [1.82, 2.24) is 0 Å². The summed E-state index contributed by atoms with van der Waals surface area (Å²) in [5.74, 6) is -1.17. The molecular weight excluding hydrogens is 306 g/mol. The third-order valence-corrected chi connectivity index (χ3v) is 3.16. The molecule has 0 heterocycles. The number of benzene rings is 1. The van der Waals surface area contributed by atoms with Crippen LogP contribution >= 0.6 is 0 Å². The van der Waals surface area contributed by atoms with E-state index in [1.54, 1.807) is 0 Å². The zero-order chi connectivity index (χ0) is 17.5. The molecule has 2 N–H and O–H groups in total. The molecule has 1 aromatic rings. The van der Waals surface area contributed by atoms with Gasteiger partial charge >= 0.3 is 12.3 Å². The van der Waals surface area contributed by atoms with E-state index in [4.69, 9.17) is 0 Å². The Morgan fingerprint density at radius 3 is 1.95 bits per heavy atom. The lowest BCUT2D eigenvalue weighted by molar-refractivity contribution is -0.258. The van der Waals surface area contributed by atoms with Gasteiger partial charge in [-0.3, -0.25) is 4.90 Å². The molecule has 1 amide bonds. The van der Waals surface area contributed by atoms with Gasteiger partial charge in [0.25, 0.3) is 0 Å². The number of aliphatic hydroxyl groups is 1. The Balaban J connectivity index is 3.39. The molecule has 0 aromatic heterocycles. The molecule has 124 valence electrons. The second-order valence-electron chi connectivity index (χ2n) is 6.02. The summed E-state index contributed by atoms with van der Waals surface area (Å²) in [4.78, 5) is 12.0. The monoisotopic (exact) mass is 323 g/mol. The quantitative estimate of drug-likeness (QED) is 0.812. The molecule has 0 spiro atoms. The van der Waals surface area contributed by atoms with Gasteiger partial charge in [0.1, 0.15) is 5.82 Å². The summed E-state index contributed by atoms with van der Waals surface area (Å²) in [6, 6.07) is 2.25. The molecule has 22 heavy (non-hydrogen) atoms. The van der Waals surface area contributed by atoms with E-state index < -0.39 is 34.8 Å². The number of amides is 1. The zero-order valence-electron chi connectivity index (χ0n) is 12.5. The molecule has 0 aliphatic heterocycles. The van der Waals surface area contributed by atoms with Crippen molar-refractivity contribution in [2.24, 2.45) is 0 Å². The molecular formula is C14H17F4NO3. The van der Waals surface area contributed by atoms with Gasteiger partial charge in [-0.1, -0.05) is 6.07 Å². The van der Waals surface area contributed by atoms with Crippen molar-refractivity contribution in [2.45, 2.75) is 45.0 Å². The van der Waals surface area contributed by atoms with Crippen LogP contribution in [0, 0.1) is 5.82 Å². The van der Waals surface area contributed by atoms with E-state index in [1.165, 1.54) is 20.8 Å². The Labute approximate surface area is 125 Å². The lowest BCUT2D eigenvalue weighted by Crippen LogP contribution is -2.46. The third-order valence-electron chi connectivity index (χ3n) is 3.16. The van der Waals surface area contributed by atoms with Crippen LogP contribution in [0.25, 0.3) is 0 Å². The van der Waals surface area contributed by atoms with Crippen LogP contribution in [0.5, 0.6) is 0 Å². The molecule has 0 saturated carbocycles. The largest absolute Gasteiger partial charge is 0.465 e. The lowest BCUT2D eigenvalue weighted by atomic mass is 9.94. The second kappa shape index (κ2) is 5.42. The Bertz CT molecular complexity index is 576. The van der Waals surface area contributed by atoms with Crippen LogP contribution in [0.15, 0.2) is 18.2 Å². The maximum atomic E-state index is 14.1. The van der Waals surface area contributed by atoms with Crippen molar-refractivity contribution in [3.63, 3.8) is 0 Å². The van der Waals surface area contributed by atoms with E-state index in [0.29, 0.717) is 17.9 Å². The molecule has 8 heteroatoms. The molecule has 0 aliphatic carbocycles. The van der Waals surface area contributed by atoms with Gasteiger partial charge in [0.2, 0.25) is 0 Å². The average Bonchev–Trinajstić information content (AvgIpc) is 2.27. The molecule has 0 radical (unpaired) electrons. The third kappa shape index (κ3) is 3.32. The molecule has 1 unspecified atom stereocenters. The van der Waals surface area contributed by atoms with Crippen molar-refractivity contribution >= 4 is 11.8 Å². The lowest BCUT2D eigenvalue weighted by Gasteiger charge is -2.34. The molecule has 1 rings (SSSR count). The van der Waals surface area contributed by atoms with Crippen molar-refractivity contribution in [3.05, 3.63) is 29.6 Å². The van der Waals surface area contributed by atoms with Gasteiger partial charge in [0.05, 0.1) is 5.69 Å². The number of carbonyl (C=O) groups is 1. The number of hydrogen-bond donors (Lipinski definition) is 2. The Morgan fingerprint density at radius 1 is 1.14 bits per heavy atom. The van der Waals surface area contributed by atoms with E-state index >= 15 is 0 Å². The first-order valence-electron chi connectivity index (χ1n) is 6.32. The fourth-order valence-corrected chi connectivity index (χ4v) is 1.91. The summed E-state index contributed by atoms with van der Waals surface area (Å²) in [7, 11) is 0. The number of carboxylic acid groups (broad SMARTS) is 1. The van der Waals surface area contributed by atoms with E-state index in [0.717, 1.165) is 12.1 Å². The summed E-state index contributed by atoms with van der Waals surface area (Å²) >= 11 is 0. The smallest absolute Gasteiger partial charge is 0.421 e. The average molecular weight is 323 g/mol. The predicted octanol–water partition coefficient (Wildman–Crippen LogP) is 3.88. The van der Waals surface area contributed by atoms with Gasteiger partial charge in [-0.2, -0.15) is 13.2 Å². The van der Waals surface area contributed by atoms with Crippen LogP contribution in [0.3, 0.4) is 0 Å². The Morgan fingerprint density at radius 2 is 1.64 bits per heavy atom. The van der Waals surface area contributed by atoms with Crippen LogP contribution in [0.2, 0.25) is 0 Å². The normalized spacial score (nSPS) is 15.3. The van der Waals surface area contributed by atoms with Gasteiger partial charge < -0.3 is 10.2 Å². The number of anilines is 1. The van der Waals surface area contributed by atoms with Crippen molar-refractivity contribution in [1.29, 1.82) is 0 Å². The van der Waals surface area contributed by atoms with Crippen molar-refractivity contribution in [2.75, 3.05) is 4.90 Å². The van der Waals surface area contributed by atoms with Crippen LogP contribution < -0.4 is 4.90 Å². The fourth-order valence-electron chi connectivity index (χ4n) is 1.91. The summed E-state index contributed by atoms with van der Waals surface area (Å²) in [6.45, 7) is 5.04. The maximum absolute atomic E-state index is 14.1. The number of alkyl halides is 3. The van der Waals surface area contributed by atoms with E-state index in [9.17, 15) is 32.6 Å². The molecule has 4 nitrogen and oxygen atoms in total. The summed E-state index contributed by atoms with van der Waals surface area (Å²) in [6.07, 6.45) is -6.43. The minimum Gasteiger partial charge on any atom is -0.465 e. The number of halogens is 4. The standard InChI is InChI=1S/C14H17F4NO3/c1-12(2,3)19(11(20)21)10-6-5-8(7-9(10)15)13(4,22)14(16,17)18/h5-7,22H,1-4H3,(H,20,21). The molecule has 0 saturated heterocycles. The second-order valence-corrected chi connectivity index (χ2v) is 6.02. The van der Waals surface area contributed by atoms with E-state index in [1.807, 2.05) is 0 Å². The van der Waals surface area contributed by atoms with Crippen LogP contribution in [-0.2, 0) is 5.60 Å². The molecule has 0 fully saturated rings. The molecule has 1 aromatic carbocycles. The van der Waals surface area contributed by atoms with Gasteiger partial charge in [-0.05, 0) is 45.4 Å². The first-order chi connectivity index (χ1) is 9.69. The van der Waals surface area contributed by atoms with Crippen LogP contribution in [-0.4, -0.2) is 28.0 Å². The van der Waals surface area contributed by atoms with E-state index in [-0.39, 0.29) is 5.69 Å². The predicted molar refractivity (Wildman–Crippen MR) is 72.3 cm³/mol. The van der Waals surface area contributed by atoms with Gasteiger partial charge in [-0.15, -0.1) is 0 Å². The summed E-state index contributed by atoms with van der Waals surface area (Å²) in [5, 5.41) is 18.7. The van der Waals surface area contributed by atoms with Gasteiger partial charge in [-0.25, -0.2) is 9.18 Å². The van der Waals surface area contributed by atoms with Crippen molar-refractivity contribution < 1.29 is 32.6 Å². The highest BCUT2D eigenvalue weighted by molar-refractivity contribution is 5.87. The summed E-state index contributed by atoms with van der Waals surface area (Å²) < 4.78 is 52.4. The number of hydrogen-bond acceptors (Lipinski definition) is 2. The fraction of sp³-hybridized carbons (Fsp3) is 0.500.